The average Bonchev–Trinajstić information content (AvgIpc) is 2.50. The van der Waals surface area contributed by atoms with Crippen LogP contribution in [0, 0.1) is 5.92 Å². The molecule has 1 unspecified atom stereocenters. The first-order valence-electron chi connectivity index (χ1n) is 7.71. The fraction of sp³-hybridized carbons (Fsp3) is 0.529. The molecule has 1 aromatic rings. The third kappa shape index (κ3) is 7.67. The molecule has 2 N–H and O–H groups in total. The lowest BCUT2D eigenvalue weighted by molar-refractivity contribution is -0.137. The summed E-state index contributed by atoms with van der Waals surface area (Å²) >= 11 is 0. The topological polar surface area (TPSA) is 75.6 Å². The fourth-order valence-electron chi connectivity index (χ4n) is 1.85. The molecular formula is C17H25NO4. The Bertz CT molecular complexity index is 470. The molecule has 0 saturated heterocycles. The summed E-state index contributed by atoms with van der Waals surface area (Å²) < 4.78 is 5.45. The fourth-order valence-corrected chi connectivity index (χ4v) is 1.85. The standard InChI is InChI=1S/C17H25NO4/c1-3-13(2)11-16(19)18-12-14-6-8-15(9-7-14)22-10-4-5-17(20)21/h6-9,13H,3-5,10-12H2,1-2H3,(H,18,19)(H,20,21). The van der Waals surface area contributed by atoms with Crippen LogP contribution in [0.5, 0.6) is 5.75 Å². The van der Waals surface area contributed by atoms with Crippen molar-refractivity contribution >= 4 is 11.9 Å². The zero-order chi connectivity index (χ0) is 16.4. The van der Waals surface area contributed by atoms with E-state index in [9.17, 15) is 9.59 Å². The molecule has 0 aliphatic rings. The largest absolute Gasteiger partial charge is 0.494 e. The van der Waals surface area contributed by atoms with Crippen LogP contribution >= 0.6 is 0 Å². The molecule has 1 atom stereocenters. The van der Waals surface area contributed by atoms with Crippen molar-refractivity contribution in [2.24, 2.45) is 5.92 Å². The number of ether oxygens (including phenoxy) is 1. The summed E-state index contributed by atoms with van der Waals surface area (Å²) in [4.78, 5) is 22.1. The maximum Gasteiger partial charge on any atom is 0.303 e. The smallest absolute Gasteiger partial charge is 0.303 e. The van der Waals surface area contributed by atoms with Crippen LogP contribution in [0.4, 0.5) is 0 Å². The molecule has 0 aliphatic carbocycles. The van der Waals surface area contributed by atoms with E-state index < -0.39 is 5.97 Å². The SMILES string of the molecule is CCC(C)CC(=O)NCc1ccc(OCCCC(=O)O)cc1. The van der Waals surface area contributed by atoms with E-state index in [-0.39, 0.29) is 12.3 Å². The summed E-state index contributed by atoms with van der Waals surface area (Å²) in [6.45, 7) is 5.04. The molecule has 1 amide bonds. The van der Waals surface area contributed by atoms with Crippen LogP contribution < -0.4 is 10.1 Å². The molecule has 0 bridgehead atoms. The van der Waals surface area contributed by atoms with Crippen molar-refractivity contribution in [3.63, 3.8) is 0 Å². The summed E-state index contributed by atoms with van der Waals surface area (Å²) in [6.07, 6.45) is 2.16. The highest BCUT2D eigenvalue weighted by Gasteiger charge is 2.06. The van der Waals surface area contributed by atoms with E-state index in [1.54, 1.807) is 0 Å². The van der Waals surface area contributed by atoms with Gasteiger partial charge in [0, 0.05) is 19.4 Å². The number of carbonyl (C=O) groups is 2. The predicted octanol–water partition coefficient (Wildman–Crippen LogP) is 2.98. The Morgan fingerprint density at radius 2 is 1.95 bits per heavy atom. The molecule has 0 aliphatic heterocycles. The normalized spacial score (nSPS) is 11.7. The number of nitrogens with one attached hydrogen (secondary N) is 1. The number of hydrogen-bond donors (Lipinski definition) is 2. The van der Waals surface area contributed by atoms with Crippen LogP contribution in [0.25, 0.3) is 0 Å². The van der Waals surface area contributed by atoms with E-state index in [1.807, 2.05) is 24.3 Å². The van der Waals surface area contributed by atoms with E-state index in [0.717, 1.165) is 12.0 Å². The first-order chi connectivity index (χ1) is 10.5. The average molecular weight is 307 g/mol. The number of carboxylic acids is 1. The molecule has 5 nitrogen and oxygen atoms in total. The second kappa shape index (κ2) is 9.82. The third-order valence-electron chi connectivity index (χ3n) is 3.45. The molecule has 1 aromatic carbocycles. The lowest BCUT2D eigenvalue weighted by atomic mass is 10.1. The van der Waals surface area contributed by atoms with Gasteiger partial charge in [0.2, 0.25) is 5.91 Å². The van der Waals surface area contributed by atoms with E-state index in [0.29, 0.717) is 37.7 Å². The molecule has 5 heteroatoms. The van der Waals surface area contributed by atoms with Crippen molar-refractivity contribution in [1.29, 1.82) is 0 Å². The Balaban J connectivity index is 2.29. The van der Waals surface area contributed by atoms with Gasteiger partial charge in [0.1, 0.15) is 5.75 Å². The molecule has 0 fully saturated rings. The van der Waals surface area contributed by atoms with Gasteiger partial charge in [-0.05, 0) is 30.0 Å². The number of hydrogen-bond acceptors (Lipinski definition) is 3. The van der Waals surface area contributed by atoms with E-state index in [4.69, 9.17) is 9.84 Å². The zero-order valence-electron chi connectivity index (χ0n) is 13.3. The minimum Gasteiger partial charge on any atom is -0.494 e. The quantitative estimate of drug-likeness (QED) is 0.652. The first kappa shape index (κ1) is 18.0. The van der Waals surface area contributed by atoms with E-state index in [2.05, 4.69) is 19.2 Å². The molecule has 0 radical (unpaired) electrons. The van der Waals surface area contributed by atoms with Gasteiger partial charge < -0.3 is 15.2 Å². The number of rotatable bonds is 10. The van der Waals surface area contributed by atoms with Gasteiger partial charge in [0.25, 0.3) is 0 Å². The highest BCUT2D eigenvalue weighted by Crippen LogP contribution is 2.13. The molecule has 0 spiro atoms. The highest BCUT2D eigenvalue weighted by molar-refractivity contribution is 5.76. The van der Waals surface area contributed by atoms with Gasteiger partial charge in [0.15, 0.2) is 0 Å². The van der Waals surface area contributed by atoms with Crippen molar-refractivity contribution in [1.82, 2.24) is 5.32 Å². The lowest BCUT2D eigenvalue weighted by Gasteiger charge is -2.10. The second-order valence-electron chi connectivity index (χ2n) is 5.48. The minimum absolute atomic E-state index is 0.0725. The van der Waals surface area contributed by atoms with Gasteiger partial charge in [-0.2, -0.15) is 0 Å². The monoisotopic (exact) mass is 307 g/mol. The van der Waals surface area contributed by atoms with Gasteiger partial charge in [-0.3, -0.25) is 9.59 Å². The Morgan fingerprint density at radius 3 is 2.55 bits per heavy atom. The Labute approximate surface area is 131 Å². The van der Waals surface area contributed by atoms with Crippen LogP contribution in [-0.4, -0.2) is 23.6 Å². The molecular weight excluding hydrogens is 282 g/mol. The molecule has 0 heterocycles. The van der Waals surface area contributed by atoms with Crippen molar-refractivity contribution in [3.8, 4) is 5.75 Å². The third-order valence-corrected chi connectivity index (χ3v) is 3.45. The van der Waals surface area contributed by atoms with E-state index in [1.165, 1.54) is 0 Å². The van der Waals surface area contributed by atoms with Crippen LogP contribution in [-0.2, 0) is 16.1 Å². The Kier molecular flexibility index (Phi) is 8.04. The summed E-state index contributed by atoms with van der Waals surface area (Å²) in [5, 5.41) is 11.4. The summed E-state index contributed by atoms with van der Waals surface area (Å²) in [6, 6.07) is 7.46. The Hall–Kier alpha value is -2.04. The number of carbonyl (C=O) groups excluding carboxylic acids is 1. The minimum atomic E-state index is -0.813. The van der Waals surface area contributed by atoms with Crippen LogP contribution in [0.2, 0.25) is 0 Å². The maximum absolute atomic E-state index is 11.7. The summed E-state index contributed by atoms with van der Waals surface area (Å²) in [5.41, 5.74) is 1.01. The molecule has 122 valence electrons. The lowest BCUT2D eigenvalue weighted by Crippen LogP contribution is -2.24. The summed E-state index contributed by atoms with van der Waals surface area (Å²) in [5.74, 6) is 0.372. The van der Waals surface area contributed by atoms with Crippen LogP contribution in [0.1, 0.15) is 45.1 Å². The van der Waals surface area contributed by atoms with Crippen LogP contribution in [0.3, 0.4) is 0 Å². The number of aliphatic carboxylic acids is 1. The molecule has 1 rings (SSSR count). The molecule has 0 saturated carbocycles. The zero-order valence-corrected chi connectivity index (χ0v) is 13.3. The van der Waals surface area contributed by atoms with Gasteiger partial charge in [-0.1, -0.05) is 32.4 Å². The maximum atomic E-state index is 11.7. The molecule has 22 heavy (non-hydrogen) atoms. The van der Waals surface area contributed by atoms with Crippen LogP contribution in [0.15, 0.2) is 24.3 Å². The van der Waals surface area contributed by atoms with Gasteiger partial charge >= 0.3 is 5.97 Å². The number of carboxylic acid groups (broad SMARTS) is 1. The van der Waals surface area contributed by atoms with Gasteiger partial charge in [0.05, 0.1) is 6.61 Å². The van der Waals surface area contributed by atoms with Crippen molar-refractivity contribution in [3.05, 3.63) is 29.8 Å². The Morgan fingerprint density at radius 1 is 1.27 bits per heavy atom. The predicted molar refractivity (Wildman–Crippen MR) is 84.7 cm³/mol. The summed E-state index contributed by atoms with van der Waals surface area (Å²) in [7, 11) is 0. The van der Waals surface area contributed by atoms with Gasteiger partial charge in [-0.15, -0.1) is 0 Å². The first-order valence-corrected chi connectivity index (χ1v) is 7.71. The van der Waals surface area contributed by atoms with Gasteiger partial charge in [-0.25, -0.2) is 0 Å². The number of benzene rings is 1. The highest BCUT2D eigenvalue weighted by atomic mass is 16.5. The second-order valence-corrected chi connectivity index (χ2v) is 5.48. The van der Waals surface area contributed by atoms with Crippen molar-refractivity contribution < 1.29 is 19.4 Å². The van der Waals surface area contributed by atoms with Crippen molar-refractivity contribution in [2.45, 2.75) is 46.1 Å². The van der Waals surface area contributed by atoms with E-state index >= 15 is 0 Å². The number of amides is 1. The molecule has 0 aromatic heterocycles. The van der Waals surface area contributed by atoms with Crippen molar-refractivity contribution in [2.75, 3.05) is 6.61 Å².